The second kappa shape index (κ2) is 11.1. The monoisotopic (exact) mass is 450 g/mol. The van der Waals surface area contributed by atoms with Crippen LogP contribution in [0.5, 0.6) is 0 Å². The predicted octanol–water partition coefficient (Wildman–Crippen LogP) is 3.49. The molecule has 1 aromatic carbocycles. The van der Waals surface area contributed by atoms with Crippen molar-refractivity contribution in [3.8, 4) is 0 Å². The highest BCUT2D eigenvalue weighted by atomic mass is 32.2. The SMILES string of the molecule is CCOC(=O)c1ccc(S(=O)(=O)N2CCC(C(=O)NC3CCCCCCC3)CC2)cc1. The van der Waals surface area contributed by atoms with Gasteiger partial charge in [0.25, 0.3) is 0 Å². The number of esters is 1. The fourth-order valence-electron chi connectivity index (χ4n) is 4.40. The minimum atomic E-state index is -3.65. The van der Waals surface area contributed by atoms with E-state index in [0.717, 1.165) is 25.7 Å². The van der Waals surface area contributed by atoms with Crippen molar-refractivity contribution in [3.05, 3.63) is 29.8 Å². The Hall–Kier alpha value is -1.93. The maximum Gasteiger partial charge on any atom is 0.338 e. The lowest BCUT2D eigenvalue weighted by atomic mass is 9.94. The molecule has 2 fully saturated rings. The average molecular weight is 451 g/mol. The average Bonchev–Trinajstić information content (AvgIpc) is 2.76. The molecule has 31 heavy (non-hydrogen) atoms. The van der Waals surface area contributed by atoms with E-state index in [1.807, 2.05) is 0 Å². The quantitative estimate of drug-likeness (QED) is 0.670. The number of amides is 1. The molecule has 172 valence electrons. The molecular weight excluding hydrogens is 416 g/mol. The Morgan fingerprint density at radius 2 is 1.55 bits per heavy atom. The molecule has 0 bridgehead atoms. The molecule has 1 amide bonds. The van der Waals surface area contributed by atoms with Crippen LogP contribution in [0, 0.1) is 5.92 Å². The zero-order valence-corrected chi connectivity index (χ0v) is 19.2. The van der Waals surface area contributed by atoms with Gasteiger partial charge >= 0.3 is 5.97 Å². The number of rotatable bonds is 6. The third-order valence-corrected chi connectivity index (χ3v) is 8.19. The lowest BCUT2D eigenvalue weighted by Gasteiger charge is -2.31. The minimum Gasteiger partial charge on any atom is -0.462 e. The molecule has 2 aliphatic rings. The van der Waals surface area contributed by atoms with E-state index in [4.69, 9.17) is 4.74 Å². The fraction of sp³-hybridized carbons (Fsp3) is 0.652. The highest BCUT2D eigenvalue weighted by Gasteiger charge is 2.32. The molecule has 7 nitrogen and oxygen atoms in total. The van der Waals surface area contributed by atoms with Gasteiger partial charge in [-0.3, -0.25) is 4.79 Å². The van der Waals surface area contributed by atoms with Crippen molar-refractivity contribution in [1.29, 1.82) is 0 Å². The molecule has 0 spiro atoms. The Kier molecular flexibility index (Phi) is 8.49. The zero-order valence-electron chi connectivity index (χ0n) is 18.3. The first kappa shape index (κ1) is 23.7. The minimum absolute atomic E-state index is 0.0708. The van der Waals surface area contributed by atoms with E-state index in [9.17, 15) is 18.0 Å². The van der Waals surface area contributed by atoms with E-state index in [1.54, 1.807) is 6.92 Å². The number of nitrogens with one attached hydrogen (secondary N) is 1. The first-order valence-corrected chi connectivity index (χ1v) is 12.9. The van der Waals surface area contributed by atoms with Gasteiger partial charge in [0.05, 0.1) is 17.1 Å². The molecule has 1 aliphatic carbocycles. The molecule has 8 heteroatoms. The van der Waals surface area contributed by atoms with Gasteiger partial charge in [0.15, 0.2) is 0 Å². The Labute approximate surface area is 185 Å². The van der Waals surface area contributed by atoms with Crippen molar-refractivity contribution in [2.24, 2.45) is 5.92 Å². The summed E-state index contributed by atoms with van der Waals surface area (Å²) in [6, 6.07) is 6.08. The summed E-state index contributed by atoms with van der Waals surface area (Å²) in [5.74, 6) is -0.535. The Bertz CT molecular complexity index is 837. The Balaban J connectivity index is 1.54. The topological polar surface area (TPSA) is 92.8 Å². The van der Waals surface area contributed by atoms with Gasteiger partial charge in [0, 0.05) is 25.0 Å². The van der Waals surface area contributed by atoms with Gasteiger partial charge in [-0.1, -0.05) is 32.1 Å². The lowest BCUT2D eigenvalue weighted by Crippen LogP contribution is -2.45. The number of nitrogens with zero attached hydrogens (tertiary/aromatic N) is 1. The smallest absolute Gasteiger partial charge is 0.338 e. The molecule has 1 N–H and O–H groups in total. The summed E-state index contributed by atoms with van der Waals surface area (Å²) in [6.07, 6.45) is 9.23. The van der Waals surface area contributed by atoms with Crippen LogP contribution in [0.1, 0.15) is 75.1 Å². The number of sulfonamides is 1. The molecule has 0 unspecified atom stereocenters. The summed E-state index contributed by atoms with van der Waals surface area (Å²) in [5, 5.41) is 3.22. The molecule has 1 aliphatic heterocycles. The predicted molar refractivity (Wildman–Crippen MR) is 118 cm³/mol. The number of piperidine rings is 1. The summed E-state index contributed by atoms with van der Waals surface area (Å²) in [7, 11) is -3.65. The van der Waals surface area contributed by atoms with Crippen molar-refractivity contribution in [1.82, 2.24) is 9.62 Å². The Morgan fingerprint density at radius 3 is 2.13 bits per heavy atom. The molecule has 1 aromatic rings. The van der Waals surface area contributed by atoms with Gasteiger partial charge in [-0.05, 0) is 56.9 Å². The van der Waals surface area contributed by atoms with Crippen LogP contribution in [0.3, 0.4) is 0 Å². The van der Waals surface area contributed by atoms with Crippen molar-refractivity contribution in [2.45, 2.75) is 75.6 Å². The van der Waals surface area contributed by atoms with E-state index in [2.05, 4.69) is 5.32 Å². The van der Waals surface area contributed by atoms with Crippen LogP contribution in [0.25, 0.3) is 0 Å². The standard InChI is InChI=1S/C23H34N2O5S/c1-2-30-23(27)19-10-12-21(13-11-19)31(28,29)25-16-14-18(15-17-25)22(26)24-20-8-6-4-3-5-7-9-20/h10-13,18,20H,2-9,14-17H2,1H3,(H,24,26). The van der Waals surface area contributed by atoms with Gasteiger partial charge in [-0.2, -0.15) is 4.31 Å². The second-order valence-corrected chi connectivity index (χ2v) is 10.4. The first-order valence-electron chi connectivity index (χ1n) is 11.5. The van der Waals surface area contributed by atoms with E-state index in [-0.39, 0.29) is 29.4 Å². The molecular formula is C23H34N2O5S. The highest BCUT2D eigenvalue weighted by molar-refractivity contribution is 7.89. The molecule has 1 saturated heterocycles. The van der Waals surface area contributed by atoms with Crippen molar-refractivity contribution >= 4 is 21.9 Å². The van der Waals surface area contributed by atoms with Crippen molar-refractivity contribution in [3.63, 3.8) is 0 Å². The summed E-state index contributed by atoms with van der Waals surface area (Å²) in [4.78, 5) is 24.6. The number of hydrogen-bond acceptors (Lipinski definition) is 5. The van der Waals surface area contributed by atoms with E-state index < -0.39 is 16.0 Å². The summed E-state index contributed by atoms with van der Waals surface area (Å²) in [6.45, 7) is 2.63. The first-order chi connectivity index (χ1) is 14.9. The zero-order chi connectivity index (χ0) is 22.3. The summed E-state index contributed by atoms with van der Waals surface area (Å²) in [5.41, 5.74) is 0.324. The van der Waals surface area contributed by atoms with Crippen LogP contribution in [0.4, 0.5) is 0 Å². The molecule has 1 heterocycles. The number of benzene rings is 1. The third kappa shape index (κ3) is 6.29. The van der Waals surface area contributed by atoms with Crippen LogP contribution in [-0.2, 0) is 19.6 Å². The number of carbonyl (C=O) groups excluding carboxylic acids is 2. The van der Waals surface area contributed by atoms with Gasteiger partial charge in [-0.15, -0.1) is 0 Å². The molecule has 0 radical (unpaired) electrons. The number of ether oxygens (including phenoxy) is 1. The number of carbonyl (C=O) groups is 2. The van der Waals surface area contributed by atoms with Crippen molar-refractivity contribution in [2.75, 3.05) is 19.7 Å². The third-order valence-electron chi connectivity index (χ3n) is 6.28. The fourth-order valence-corrected chi connectivity index (χ4v) is 5.87. The van der Waals surface area contributed by atoms with Crippen LogP contribution in [0.2, 0.25) is 0 Å². The van der Waals surface area contributed by atoms with E-state index in [0.29, 0.717) is 31.5 Å². The van der Waals surface area contributed by atoms with Gasteiger partial charge in [-0.25, -0.2) is 13.2 Å². The van der Waals surface area contributed by atoms with Crippen molar-refractivity contribution < 1.29 is 22.7 Å². The highest BCUT2D eigenvalue weighted by Crippen LogP contribution is 2.25. The molecule has 3 rings (SSSR count). The maximum atomic E-state index is 13.0. The van der Waals surface area contributed by atoms with Gasteiger partial charge in [0.2, 0.25) is 15.9 Å². The van der Waals surface area contributed by atoms with Gasteiger partial charge in [0.1, 0.15) is 0 Å². The lowest BCUT2D eigenvalue weighted by molar-refractivity contribution is -0.127. The van der Waals surface area contributed by atoms with E-state index >= 15 is 0 Å². The normalized spacial score (nSPS) is 19.9. The van der Waals surface area contributed by atoms with E-state index in [1.165, 1.54) is 47.8 Å². The second-order valence-electron chi connectivity index (χ2n) is 8.47. The van der Waals surface area contributed by atoms with Crippen LogP contribution in [0.15, 0.2) is 29.2 Å². The van der Waals surface area contributed by atoms with Crippen LogP contribution >= 0.6 is 0 Å². The molecule has 1 saturated carbocycles. The molecule has 0 atom stereocenters. The number of hydrogen-bond donors (Lipinski definition) is 1. The summed E-state index contributed by atoms with van der Waals surface area (Å²) < 4.78 is 32.3. The summed E-state index contributed by atoms with van der Waals surface area (Å²) >= 11 is 0. The van der Waals surface area contributed by atoms with Gasteiger partial charge < -0.3 is 10.1 Å². The largest absolute Gasteiger partial charge is 0.462 e. The molecule has 0 aromatic heterocycles. The maximum absolute atomic E-state index is 13.0. The van der Waals surface area contributed by atoms with Crippen LogP contribution < -0.4 is 5.32 Å². The Morgan fingerprint density at radius 1 is 0.968 bits per heavy atom. The van der Waals surface area contributed by atoms with Crippen LogP contribution in [-0.4, -0.2) is 50.3 Å².